The number of nitriles is 1. The van der Waals surface area contributed by atoms with Crippen molar-refractivity contribution < 1.29 is 4.39 Å². The van der Waals surface area contributed by atoms with Crippen LogP contribution in [0, 0.1) is 17.1 Å². The van der Waals surface area contributed by atoms with Gasteiger partial charge in [-0.1, -0.05) is 13.0 Å². The van der Waals surface area contributed by atoms with E-state index in [0.717, 1.165) is 0 Å². The van der Waals surface area contributed by atoms with E-state index in [0.29, 0.717) is 17.7 Å². The molecule has 2 N–H and O–H groups in total. The third-order valence-electron chi connectivity index (χ3n) is 2.01. The summed E-state index contributed by atoms with van der Waals surface area (Å²) in [6.45, 7) is 2.26. The van der Waals surface area contributed by atoms with Gasteiger partial charge in [-0.15, -0.1) is 0 Å². The highest BCUT2D eigenvalue weighted by atomic mass is 19.1. The Kier molecular flexibility index (Phi) is 2.99. The van der Waals surface area contributed by atoms with Crippen molar-refractivity contribution in [3.63, 3.8) is 0 Å². The second-order valence-electron chi connectivity index (χ2n) is 2.98. The molecule has 0 fully saturated rings. The molecule has 0 saturated heterocycles. The number of nitrogens with zero attached hydrogens (tertiary/aromatic N) is 1. The average Bonchev–Trinajstić information content (AvgIpc) is 2.16. The lowest BCUT2D eigenvalue weighted by Gasteiger charge is -2.09. The SMILES string of the molecule is C[C@H](CN)c1ccc(C#N)cc1F. The fourth-order valence-electron chi connectivity index (χ4n) is 1.12. The Hall–Kier alpha value is -1.40. The maximum absolute atomic E-state index is 13.3. The van der Waals surface area contributed by atoms with E-state index in [1.54, 1.807) is 12.1 Å². The zero-order chi connectivity index (χ0) is 9.84. The summed E-state index contributed by atoms with van der Waals surface area (Å²) >= 11 is 0. The van der Waals surface area contributed by atoms with Gasteiger partial charge in [0.25, 0.3) is 0 Å². The number of hydrogen-bond acceptors (Lipinski definition) is 2. The smallest absolute Gasteiger partial charge is 0.128 e. The molecule has 0 saturated carbocycles. The van der Waals surface area contributed by atoms with E-state index in [9.17, 15) is 4.39 Å². The van der Waals surface area contributed by atoms with Gasteiger partial charge >= 0.3 is 0 Å². The fraction of sp³-hybridized carbons (Fsp3) is 0.300. The van der Waals surface area contributed by atoms with E-state index < -0.39 is 0 Å². The van der Waals surface area contributed by atoms with Crippen LogP contribution in [0.5, 0.6) is 0 Å². The molecule has 0 radical (unpaired) electrons. The van der Waals surface area contributed by atoms with E-state index in [2.05, 4.69) is 0 Å². The van der Waals surface area contributed by atoms with E-state index in [-0.39, 0.29) is 11.7 Å². The lowest BCUT2D eigenvalue weighted by Crippen LogP contribution is -2.10. The van der Waals surface area contributed by atoms with E-state index in [1.165, 1.54) is 6.07 Å². The quantitative estimate of drug-likeness (QED) is 0.750. The predicted octanol–water partition coefficient (Wildman–Crippen LogP) is 1.76. The van der Waals surface area contributed by atoms with Crippen molar-refractivity contribution in [2.75, 3.05) is 6.54 Å². The molecule has 0 aliphatic carbocycles. The van der Waals surface area contributed by atoms with Gasteiger partial charge in [0.1, 0.15) is 5.82 Å². The van der Waals surface area contributed by atoms with Crippen molar-refractivity contribution >= 4 is 0 Å². The largest absolute Gasteiger partial charge is 0.330 e. The summed E-state index contributed by atoms with van der Waals surface area (Å²) in [5.74, 6) is -0.357. The number of nitrogens with two attached hydrogens (primary N) is 1. The first kappa shape index (κ1) is 9.69. The Labute approximate surface area is 76.8 Å². The van der Waals surface area contributed by atoms with Crippen molar-refractivity contribution in [1.82, 2.24) is 0 Å². The van der Waals surface area contributed by atoms with Crippen LogP contribution in [-0.4, -0.2) is 6.54 Å². The van der Waals surface area contributed by atoms with Crippen LogP contribution in [0.4, 0.5) is 4.39 Å². The minimum atomic E-state index is -0.350. The summed E-state index contributed by atoms with van der Waals surface area (Å²) in [4.78, 5) is 0. The van der Waals surface area contributed by atoms with Gasteiger partial charge in [-0.25, -0.2) is 4.39 Å². The van der Waals surface area contributed by atoms with Gasteiger partial charge in [0, 0.05) is 0 Å². The molecule has 1 atom stereocenters. The molecule has 0 aliphatic heterocycles. The lowest BCUT2D eigenvalue weighted by atomic mass is 9.99. The Morgan fingerprint density at radius 3 is 2.77 bits per heavy atom. The Morgan fingerprint density at radius 1 is 1.62 bits per heavy atom. The zero-order valence-electron chi connectivity index (χ0n) is 7.42. The number of halogens is 1. The number of hydrogen-bond donors (Lipinski definition) is 1. The summed E-state index contributed by atoms with van der Waals surface area (Å²) < 4.78 is 13.3. The Morgan fingerprint density at radius 2 is 2.31 bits per heavy atom. The monoisotopic (exact) mass is 178 g/mol. The van der Waals surface area contributed by atoms with Crippen LogP contribution in [0.15, 0.2) is 18.2 Å². The summed E-state index contributed by atoms with van der Waals surface area (Å²) in [6.07, 6.45) is 0. The molecule has 1 rings (SSSR count). The van der Waals surface area contributed by atoms with Gasteiger partial charge in [-0.3, -0.25) is 0 Å². The van der Waals surface area contributed by atoms with Crippen LogP contribution in [0.1, 0.15) is 24.0 Å². The lowest BCUT2D eigenvalue weighted by molar-refractivity contribution is 0.590. The van der Waals surface area contributed by atoms with Crippen LogP contribution in [-0.2, 0) is 0 Å². The fourth-order valence-corrected chi connectivity index (χ4v) is 1.12. The first-order valence-electron chi connectivity index (χ1n) is 4.08. The minimum absolute atomic E-state index is 0.00672. The first-order valence-corrected chi connectivity index (χ1v) is 4.08. The van der Waals surface area contributed by atoms with Gasteiger partial charge in [0.15, 0.2) is 0 Å². The van der Waals surface area contributed by atoms with Gasteiger partial charge in [-0.2, -0.15) is 5.26 Å². The molecule has 0 bridgehead atoms. The highest BCUT2D eigenvalue weighted by Crippen LogP contribution is 2.18. The van der Waals surface area contributed by atoms with Crippen molar-refractivity contribution in [3.05, 3.63) is 35.1 Å². The van der Waals surface area contributed by atoms with Crippen molar-refractivity contribution in [2.45, 2.75) is 12.8 Å². The van der Waals surface area contributed by atoms with E-state index in [1.807, 2.05) is 13.0 Å². The minimum Gasteiger partial charge on any atom is -0.330 e. The molecule has 2 nitrogen and oxygen atoms in total. The summed E-state index contributed by atoms with van der Waals surface area (Å²) in [5, 5.41) is 8.51. The third-order valence-corrected chi connectivity index (χ3v) is 2.01. The topological polar surface area (TPSA) is 49.8 Å². The molecule has 0 unspecified atom stereocenters. The van der Waals surface area contributed by atoms with Gasteiger partial charge in [0.05, 0.1) is 11.6 Å². The van der Waals surface area contributed by atoms with Crippen LogP contribution >= 0.6 is 0 Å². The van der Waals surface area contributed by atoms with Crippen molar-refractivity contribution in [1.29, 1.82) is 5.26 Å². The highest BCUT2D eigenvalue weighted by Gasteiger charge is 2.09. The van der Waals surface area contributed by atoms with Crippen LogP contribution in [0.2, 0.25) is 0 Å². The van der Waals surface area contributed by atoms with Crippen molar-refractivity contribution in [2.24, 2.45) is 5.73 Å². The van der Waals surface area contributed by atoms with Crippen molar-refractivity contribution in [3.8, 4) is 6.07 Å². The first-order chi connectivity index (χ1) is 6.19. The van der Waals surface area contributed by atoms with Gasteiger partial charge in [0.2, 0.25) is 0 Å². The van der Waals surface area contributed by atoms with E-state index >= 15 is 0 Å². The summed E-state index contributed by atoms with van der Waals surface area (Å²) in [6, 6.07) is 6.34. The van der Waals surface area contributed by atoms with Crippen LogP contribution < -0.4 is 5.73 Å². The second kappa shape index (κ2) is 4.01. The summed E-state index contributed by atoms with van der Waals surface area (Å²) in [7, 11) is 0. The predicted molar refractivity (Wildman–Crippen MR) is 48.6 cm³/mol. The standard InChI is InChI=1S/C10H11FN2/c1-7(5-12)9-3-2-8(6-13)4-10(9)11/h2-4,7H,5,12H2,1H3/t7-/m1/s1. The Balaban J connectivity index is 3.07. The maximum atomic E-state index is 13.3. The summed E-state index contributed by atoms with van der Waals surface area (Å²) in [5.41, 5.74) is 6.32. The normalized spacial score (nSPS) is 12.2. The molecule has 68 valence electrons. The molecule has 0 aromatic heterocycles. The average molecular weight is 178 g/mol. The number of rotatable bonds is 2. The molecular formula is C10H11FN2. The van der Waals surface area contributed by atoms with E-state index in [4.69, 9.17) is 11.0 Å². The van der Waals surface area contributed by atoms with Gasteiger partial charge < -0.3 is 5.73 Å². The van der Waals surface area contributed by atoms with Crippen LogP contribution in [0.25, 0.3) is 0 Å². The van der Waals surface area contributed by atoms with Crippen LogP contribution in [0.3, 0.4) is 0 Å². The molecular weight excluding hydrogens is 167 g/mol. The maximum Gasteiger partial charge on any atom is 0.128 e. The molecule has 1 aromatic carbocycles. The highest BCUT2D eigenvalue weighted by molar-refractivity contribution is 5.34. The molecule has 0 spiro atoms. The Bertz CT molecular complexity index is 341. The molecule has 0 amide bonds. The molecule has 1 aromatic rings. The molecule has 3 heteroatoms. The second-order valence-corrected chi connectivity index (χ2v) is 2.98. The zero-order valence-corrected chi connectivity index (χ0v) is 7.42. The molecule has 0 heterocycles. The molecule has 13 heavy (non-hydrogen) atoms. The van der Waals surface area contributed by atoms with Gasteiger partial charge in [-0.05, 0) is 30.2 Å². The molecule has 0 aliphatic rings. The number of benzene rings is 1. The third kappa shape index (κ3) is 2.04.